The summed E-state index contributed by atoms with van der Waals surface area (Å²) in [6, 6.07) is 23.7. The monoisotopic (exact) mass is 396 g/mol. The number of benzene rings is 4. The highest BCUT2D eigenvalue weighted by Gasteiger charge is 2.15. The van der Waals surface area contributed by atoms with Crippen LogP contribution in [0.1, 0.15) is 27.8 Å². The number of fused-ring (bicyclic) bond motifs is 1. The highest BCUT2D eigenvalue weighted by Crippen LogP contribution is 2.34. The van der Waals surface area contributed by atoms with E-state index in [0.717, 1.165) is 22.1 Å². The van der Waals surface area contributed by atoms with Gasteiger partial charge in [0, 0.05) is 22.3 Å². The molecule has 3 heteroatoms. The van der Waals surface area contributed by atoms with Gasteiger partial charge in [-0.2, -0.15) is 0 Å². The third-order valence-corrected chi connectivity index (χ3v) is 4.87. The molecule has 30 heavy (non-hydrogen) atoms. The first-order chi connectivity index (χ1) is 14.5. The van der Waals surface area contributed by atoms with Gasteiger partial charge < -0.3 is 5.11 Å². The molecular weight excluding hydrogens is 378 g/mol. The second-order valence-corrected chi connectivity index (χ2v) is 7.00. The molecule has 0 heterocycles. The highest BCUT2D eigenvalue weighted by molar-refractivity contribution is 6.00. The molecule has 0 amide bonds. The van der Waals surface area contributed by atoms with E-state index < -0.39 is 11.7 Å². The van der Waals surface area contributed by atoms with E-state index in [0.29, 0.717) is 5.39 Å². The van der Waals surface area contributed by atoms with Crippen LogP contribution in [0.15, 0.2) is 84.9 Å². The lowest BCUT2D eigenvalue weighted by Gasteiger charge is -2.08. The van der Waals surface area contributed by atoms with Gasteiger partial charge in [-0.05, 0) is 60.2 Å². The SMILES string of the molecule is Cc1ccc(C#Cc2ccc(/C(F)=C(\F)c3ccc(O)cc3)c3ccccc23)cc1. The van der Waals surface area contributed by atoms with Gasteiger partial charge in [0.2, 0.25) is 0 Å². The lowest BCUT2D eigenvalue weighted by atomic mass is 9.97. The van der Waals surface area contributed by atoms with Crippen LogP contribution < -0.4 is 0 Å². The number of hydrogen-bond donors (Lipinski definition) is 1. The molecule has 0 aliphatic carbocycles. The van der Waals surface area contributed by atoms with E-state index in [9.17, 15) is 9.50 Å². The molecule has 4 rings (SSSR count). The zero-order chi connectivity index (χ0) is 21.1. The number of phenolic OH excluding ortho intramolecular Hbond substituents is 1. The summed E-state index contributed by atoms with van der Waals surface area (Å²) < 4.78 is 29.8. The van der Waals surface area contributed by atoms with E-state index >= 15 is 4.39 Å². The van der Waals surface area contributed by atoms with Crippen molar-refractivity contribution >= 4 is 22.4 Å². The van der Waals surface area contributed by atoms with E-state index in [2.05, 4.69) is 11.8 Å². The Morgan fingerprint density at radius 3 is 2.07 bits per heavy atom. The lowest BCUT2D eigenvalue weighted by Crippen LogP contribution is -1.89. The first kappa shape index (κ1) is 19.4. The maximum absolute atomic E-state index is 15.1. The molecule has 0 atom stereocenters. The smallest absolute Gasteiger partial charge is 0.167 e. The lowest BCUT2D eigenvalue weighted by molar-refractivity contribution is 0.475. The molecule has 4 aromatic carbocycles. The second-order valence-electron chi connectivity index (χ2n) is 7.00. The number of phenols is 1. The van der Waals surface area contributed by atoms with Gasteiger partial charge >= 0.3 is 0 Å². The average molecular weight is 396 g/mol. The molecule has 0 spiro atoms. The average Bonchev–Trinajstić information content (AvgIpc) is 2.78. The van der Waals surface area contributed by atoms with E-state index in [4.69, 9.17) is 0 Å². The van der Waals surface area contributed by atoms with Crippen molar-refractivity contribution in [2.75, 3.05) is 0 Å². The van der Waals surface area contributed by atoms with Crippen LogP contribution in [0.2, 0.25) is 0 Å². The van der Waals surface area contributed by atoms with Gasteiger partial charge in [0.05, 0.1) is 0 Å². The zero-order valence-electron chi connectivity index (χ0n) is 16.3. The maximum atomic E-state index is 15.1. The molecule has 0 radical (unpaired) electrons. The summed E-state index contributed by atoms with van der Waals surface area (Å²) >= 11 is 0. The quantitative estimate of drug-likeness (QED) is 0.285. The molecule has 0 aromatic heterocycles. The largest absolute Gasteiger partial charge is 0.508 e. The fourth-order valence-corrected chi connectivity index (χ4v) is 3.23. The third kappa shape index (κ3) is 3.94. The van der Waals surface area contributed by atoms with Crippen LogP contribution in [0.25, 0.3) is 22.4 Å². The van der Waals surface area contributed by atoms with Crippen molar-refractivity contribution in [3.05, 3.63) is 113 Å². The van der Waals surface area contributed by atoms with Gasteiger partial charge in [0.1, 0.15) is 5.75 Å². The van der Waals surface area contributed by atoms with Gasteiger partial charge in [-0.25, -0.2) is 8.78 Å². The van der Waals surface area contributed by atoms with Gasteiger partial charge in [-0.1, -0.05) is 59.9 Å². The van der Waals surface area contributed by atoms with Crippen molar-refractivity contribution in [1.82, 2.24) is 0 Å². The molecule has 0 aliphatic rings. The summed E-state index contributed by atoms with van der Waals surface area (Å²) in [7, 11) is 0. The first-order valence-electron chi connectivity index (χ1n) is 9.48. The van der Waals surface area contributed by atoms with Gasteiger partial charge in [-0.3, -0.25) is 0 Å². The Balaban J connectivity index is 1.80. The molecule has 0 aliphatic heterocycles. The molecule has 0 fully saturated rings. The van der Waals surface area contributed by atoms with Crippen LogP contribution in [0, 0.1) is 18.8 Å². The van der Waals surface area contributed by atoms with Crippen molar-refractivity contribution in [2.45, 2.75) is 6.92 Å². The fourth-order valence-electron chi connectivity index (χ4n) is 3.23. The van der Waals surface area contributed by atoms with Crippen LogP contribution in [0.4, 0.5) is 8.78 Å². The number of halogens is 2. The standard InChI is InChI=1S/C27H18F2O/c1-18-6-8-19(9-7-18)10-11-20-14-17-25(24-5-3-2-4-23(20)24)27(29)26(28)21-12-15-22(30)16-13-21/h2-9,12-17,30H,1H3/b27-26+. The minimum absolute atomic E-state index is 0.00564. The molecule has 1 N–H and O–H groups in total. The highest BCUT2D eigenvalue weighted by atomic mass is 19.2. The molecule has 4 aromatic rings. The Bertz CT molecular complexity index is 1310. The van der Waals surface area contributed by atoms with Gasteiger partial charge in [0.25, 0.3) is 0 Å². The van der Waals surface area contributed by atoms with E-state index in [-0.39, 0.29) is 16.9 Å². The van der Waals surface area contributed by atoms with Crippen LogP contribution in [-0.2, 0) is 0 Å². The van der Waals surface area contributed by atoms with Crippen molar-refractivity contribution < 1.29 is 13.9 Å². The number of aryl methyl sites for hydroxylation is 1. The van der Waals surface area contributed by atoms with Crippen molar-refractivity contribution in [2.24, 2.45) is 0 Å². The predicted molar refractivity (Wildman–Crippen MR) is 118 cm³/mol. The zero-order valence-corrected chi connectivity index (χ0v) is 16.3. The molecular formula is C27H18F2O. The Morgan fingerprint density at radius 2 is 1.37 bits per heavy atom. The topological polar surface area (TPSA) is 20.2 Å². The normalized spacial score (nSPS) is 11.6. The Hall–Kier alpha value is -3.90. The summed E-state index contributed by atoms with van der Waals surface area (Å²) in [4.78, 5) is 0. The minimum Gasteiger partial charge on any atom is -0.508 e. The van der Waals surface area contributed by atoms with Gasteiger partial charge in [0.15, 0.2) is 11.7 Å². The number of aromatic hydroxyl groups is 1. The molecule has 0 saturated carbocycles. The van der Waals surface area contributed by atoms with Crippen LogP contribution in [0.5, 0.6) is 5.75 Å². The minimum atomic E-state index is -0.973. The molecule has 146 valence electrons. The van der Waals surface area contributed by atoms with E-state index in [1.54, 1.807) is 24.3 Å². The predicted octanol–water partition coefficient (Wildman–Crippen LogP) is 7.02. The summed E-state index contributed by atoms with van der Waals surface area (Å²) in [5.74, 6) is 4.35. The van der Waals surface area contributed by atoms with Crippen LogP contribution in [0.3, 0.4) is 0 Å². The van der Waals surface area contributed by atoms with Crippen LogP contribution in [-0.4, -0.2) is 5.11 Å². The third-order valence-electron chi connectivity index (χ3n) is 4.87. The molecule has 0 unspecified atom stereocenters. The van der Waals surface area contributed by atoms with E-state index in [1.165, 1.54) is 24.3 Å². The Labute approximate surface area is 173 Å². The fraction of sp³-hybridized carbons (Fsp3) is 0.0370. The summed E-state index contributed by atoms with van der Waals surface area (Å²) in [6.07, 6.45) is 0. The molecule has 0 bridgehead atoms. The van der Waals surface area contributed by atoms with E-state index in [1.807, 2.05) is 43.3 Å². The Kier molecular flexibility index (Phi) is 5.32. The first-order valence-corrected chi connectivity index (χ1v) is 9.48. The van der Waals surface area contributed by atoms with Gasteiger partial charge in [-0.15, -0.1) is 0 Å². The van der Waals surface area contributed by atoms with Crippen molar-refractivity contribution in [3.63, 3.8) is 0 Å². The van der Waals surface area contributed by atoms with Crippen molar-refractivity contribution in [3.8, 4) is 17.6 Å². The second kappa shape index (κ2) is 8.23. The summed E-state index contributed by atoms with van der Waals surface area (Å²) in [5.41, 5.74) is 3.02. The molecule has 0 saturated heterocycles. The molecule has 1 nitrogen and oxygen atoms in total. The van der Waals surface area contributed by atoms with Crippen molar-refractivity contribution in [1.29, 1.82) is 0 Å². The summed E-state index contributed by atoms with van der Waals surface area (Å²) in [6.45, 7) is 2.02. The maximum Gasteiger partial charge on any atom is 0.167 e. The summed E-state index contributed by atoms with van der Waals surface area (Å²) in [5, 5.41) is 10.7. The Morgan fingerprint density at radius 1 is 0.700 bits per heavy atom. The van der Waals surface area contributed by atoms with Crippen LogP contribution >= 0.6 is 0 Å². The number of hydrogen-bond acceptors (Lipinski definition) is 1. The number of rotatable bonds is 2.